The number of rotatable bonds is 8. The monoisotopic (exact) mass is 459 g/mol. The van der Waals surface area contributed by atoms with E-state index in [1.54, 1.807) is 29.5 Å². The molecule has 2 aromatic carbocycles. The summed E-state index contributed by atoms with van der Waals surface area (Å²) in [6.07, 6.45) is 5.56. The zero-order valence-corrected chi connectivity index (χ0v) is 19.2. The molecule has 0 bridgehead atoms. The Kier molecular flexibility index (Phi) is 5.96. The molecule has 7 heteroatoms. The number of aromatic nitrogens is 2. The lowest BCUT2D eigenvalue weighted by atomic mass is 9.96. The molecule has 0 aliphatic heterocycles. The molecule has 2 N–H and O–H groups in total. The molecule has 0 spiro atoms. The second-order valence-corrected chi connectivity index (χ2v) is 9.28. The first-order valence-corrected chi connectivity index (χ1v) is 12.0. The van der Waals surface area contributed by atoms with Gasteiger partial charge in [0.25, 0.3) is 0 Å². The van der Waals surface area contributed by atoms with Crippen molar-refractivity contribution in [2.75, 3.05) is 11.9 Å². The van der Waals surface area contributed by atoms with Gasteiger partial charge < -0.3 is 15.2 Å². The normalized spacial score (nSPS) is 13.6. The van der Waals surface area contributed by atoms with Crippen LogP contribution >= 0.6 is 11.3 Å². The highest BCUT2D eigenvalue weighted by atomic mass is 32.1. The molecule has 33 heavy (non-hydrogen) atoms. The average Bonchev–Trinajstić information content (AvgIpc) is 3.27. The Morgan fingerprint density at radius 1 is 1.18 bits per heavy atom. The zero-order valence-electron chi connectivity index (χ0n) is 18.4. The van der Waals surface area contributed by atoms with Gasteiger partial charge in [0.05, 0.1) is 11.8 Å². The van der Waals surface area contributed by atoms with Crippen LogP contribution in [0.3, 0.4) is 0 Å². The minimum atomic E-state index is -0.989. The highest BCUT2D eigenvalue weighted by Crippen LogP contribution is 2.32. The van der Waals surface area contributed by atoms with E-state index in [-0.39, 0.29) is 11.7 Å². The van der Waals surface area contributed by atoms with Gasteiger partial charge in [-0.05, 0) is 78.8 Å². The highest BCUT2D eigenvalue weighted by Gasteiger charge is 2.22. The summed E-state index contributed by atoms with van der Waals surface area (Å²) < 4.78 is 7.26. The third kappa shape index (κ3) is 4.54. The van der Waals surface area contributed by atoms with E-state index in [0.29, 0.717) is 5.75 Å². The van der Waals surface area contributed by atoms with Crippen LogP contribution in [0.5, 0.6) is 5.75 Å². The van der Waals surface area contributed by atoms with Crippen molar-refractivity contribution < 1.29 is 14.6 Å². The van der Waals surface area contributed by atoms with Gasteiger partial charge in [0.1, 0.15) is 23.5 Å². The zero-order chi connectivity index (χ0) is 22.8. The molecule has 0 atom stereocenters. The van der Waals surface area contributed by atoms with Gasteiger partial charge in [0.15, 0.2) is 0 Å². The molecule has 6 nitrogen and oxygen atoms in total. The minimum absolute atomic E-state index is 0.0951. The number of aryl methyl sites for hydroxylation is 1. The number of nitrogens with zero attached hydrogens (tertiary/aromatic N) is 2. The van der Waals surface area contributed by atoms with Gasteiger partial charge in [-0.25, -0.2) is 14.8 Å². The summed E-state index contributed by atoms with van der Waals surface area (Å²) in [6.45, 7) is 2.93. The van der Waals surface area contributed by atoms with Crippen LogP contribution in [0.15, 0.2) is 54.2 Å². The molecule has 0 amide bonds. The first kappa shape index (κ1) is 21.4. The smallest absolute Gasteiger partial charge is 0.339 e. The summed E-state index contributed by atoms with van der Waals surface area (Å²) in [4.78, 5) is 20.4. The number of nitrogens with one attached hydrogen (secondary N) is 1. The molecule has 1 aliphatic carbocycles. The quantitative estimate of drug-likeness (QED) is 0.339. The Morgan fingerprint density at radius 3 is 2.85 bits per heavy atom. The van der Waals surface area contributed by atoms with Crippen molar-refractivity contribution in [2.24, 2.45) is 0 Å². The molecule has 1 aliphatic rings. The van der Waals surface area contributed by atoms with Gasteiger partial charge >= 0.3 is 5.97 Å². The molecule has 168 valence electrons. The summed E-state index contributed by atoms with van der Waals surface area (Å²) in [7, 11) is 0. The van der Waals surface area contributed by atoms with Crippen LogP contribution in [0, 0.1) is 6.92 Å². The van der Waals surface area contributed by atoms with E-state index < -0.39 is 5.97 Å². The van der Waals surface area contributed by atoms with Gasteiger partial charge in [-0.3, -0.25) is 0 Å². The largest absolute Gasteiger partial charge is 0.490 e. The van der Waals surface area contributed by atoms with E-state index in [4.69, 9.17) is 4.74 Å². The lowest BCUT2D eigenvalue weighted by Crippen LogP contribution is -2.25. The predicted octanol–water partition coefficient (Wildman–Crippen LogP) is 5.95. The molecular formula is C26H25N3O3S. The fraction of sp³-hybridized carbons (Fsp3) is 0.269. The van der Waals surface area contributed by atoms with E-state index >= 15 is 0 Å². The van der Waals surface area contributed by atoms with Crippen LogP contribution in [0.1, 0.15) is 40.7 Å². The van der Waals surface area contributed by atoms with Crippen molar-refractivity contribution >= 4 is 33.2 Å². The number of carboxylic acid groups (broad SMARTS) is 1. The number of fused-ring (bicyclic) bond motifs is 1. The number of aromatic carboxylic acids is 1. The van der Waals surface area contributed by atoms with Gasteiger partial charge in [-0.2, -0.15) is 0 Å². The number of benzene rings is 2. The molecule has 5 rings (SSSR count). The number of carboxylic acids is 1. The van der Waals surface area contributed by atoms with Crippen LogP contribution < -0.4 is 10.1 Å². The van der Waals surface area contributed by atoms with Crippen molar-refractivity contribution in [3.05, 3.63) is 70.9 Å². The Balaban J connectivity index is 1.30. The minimum Gasteiger partial charge on any atom is -0.490 e. The Bertz CT molecular complexity index is 1310. The maximum atomic E-state index is 11.6. The Morgan fingerprint density at radius 2 is 2.06 bits per heavy atom. The van der Waals surface area contributed by atoms with Gasteiger partial charge in [0.2, 0.25) is 0 Å². The average molecular weight is 460 g/mol. The first-order valence-electron chi connectivity index (χ1n) is 11.1. The van der Waals surface area contributed by atoms with Gasteiger partial charge in [-0.1, -0.05) is 12.1 Å². The lowest BCUT2D eigenvalue weighted by Gasteiger charge is -2.27. The van der Waals surface area contributed by atoms with Crippen LogP contribution in [-0.2, 0) is 6.42 Å². The highest BCUT2D eigenvalue weighted by molar-refractivity contribution is 7.17. The van der Waals surface area contributed by atoms with Gasteiger partial charge in [-0.15, -0.1) is 11.3 Å². The molecule has 0 saturated heterocycles. The molecule has 0 unspecified atom stereocenters. The summed E-state index contributed by atoms with van der Waals surface area (Å²) in [5, 5.41) is 16.4. The number of ether oxygens (including phenoxy) is 1. The van der Waals surface area contributed by atoms with Crippen LogP contribution in [0.2, 0.25) is 0 Å². The lowest BCUT2D eigenvalue weighted by molar-refractivity contribution is 0.0680. The van der Waals surface area contributed by atoms with Crippen molar-refractivity contribution in [2.45, 2.75) is 38.7 Å². The number of thiophene rings is 1. The summed E-state index contributed by atoms with van der Waals surface area (Å²) in [5.74, 6) is 0.145. The first-order chi connectivity index (χ1) is 16.1. The fourth-order valence-corrected chi connectivity index (χ4v) is 4.91. The summed E-state index contributed by atoms with van der Waals surface area (Å²) >= 11 is 1.77. The van der Waals surface area contributed by atoms with Crippen molar-refractivity contribution in [1.29, 1.82) is 0 Å². The molecule has 1 fully saturated rings. The van der Waals surface area contributed by atoms with Crippen molar-refractivity contribution in [1.82, 2.24) is 9.97 Å². The second-order valence-electron chi connectivity index (χ2n) is 8.33. The van der Waals surface area contributed by atoms with Crippen LogP contribution in [0.4, 0.5) is 5.82 Å². The van der Waals surface area contributed by atoms with E-state index in [1.807, 2.05) is 6.07 Å². The molecular weight excluding hydrogens is 434 g/mol. The third-order valence-corrected chi connectivity index (χ3v) is 7.12. The third-order valence-electron chi connectivity index (χ3n) is 6.24. The number of carbonyl (C=O) groups is 1. The number of hydrogen-bond donors (Lipinski definition) is 2. The van der Waals surface area contributed by atoms with Gasteiger partial charge in [0, 0.05) is 22.9 Å². The van der Waals surface area contributed by atoms with E-state index in [9.17, 15) is 9.90 Å². The van der Waals surface area contributed by atoms with E-state index in [0.717, 1.165) is 49.3 Å². The van der Waals surface area contributed by atoms with Crippen molar-refractivity contribution in [3.8, 4) is 17.0 Å². The predicted molar refractivity (Wildman–Crippen MR) is 131 cm³/mol. The maximum absolute atomic E-state index is 11.6. The van der Waals surface area contributed by atoms with E-state index in [1.165, 1.54) is 27.5 Å². The van der Waals surface area contributed by atoms with Crippen LogP contribution in [0.25, 0.3) is 21.3 Å². The molecule has 4 aromatic rings. The second kappa shape index (κ2) is 9.19. The topological polar surface area (TPSA) is 84.3 Å². The maximum Gasteiger partial charge on any atom is 0.339 e. The van der Waals surface area contributed by atoms with Crippen molar-refractivity contribution in [3.63, 3.8) is 0 Å². The Hall–Kier alpha value is -3.45. The molecule has 2 heterocycles. The molecule has 1 saturated carbocycles. The SMILES string of the molecule is Cc1c(CCNc2cc(-c3ccc(C(=O)O)c(OC4CCC4)c3)ncn2)ccc2sccc12. The Labute approximate surface area is 196 Å². The summed E-state index contributed by atoms with van der Waals surface area (Å²) in [6, 6.07) is 13.6. The number of anilines is 1. The summed E-state index contributed by atoms with van der Waals surface area (Å²) in [5.41, 5.74) is 4.36. The fourth-order valence-electron chi connectivity index (χ4n) is 4.07. The number of hydrogen-bond acceptors (Lipinski definition) is 6. The van der Waals surface area contributed by atoms with Crippen LogP contribution in [-0.4, -0.2) is 33.7 Å². The van der Waals surface area contributed by atoms with E-state index in [2.05, 4.69) is 45.8 Å². The molecule has 0 radical (unpaired) electrons. The standard InChI is InChI=1S/C26H25N3O3S/c1-16-17(6-8-24-20(16)10-12-33-24)9-11-27-25-14-22(28-15-29-25)18-5-7-21(26(30)31)23(13-18)32-19-3-2-4-19/h5-8,10,12-15,19H,2-4,9,11H2,1H3,(H,30,31)(H,27,28,29). The molecule has 2 aromatic heterocycles.